The molecule has 198 valence electrons. The first-order valence-electron chi connectivity index (χ1n) is 11.7. The Kier molecular flexibility index (Phi) is 11.5. The summed E-state index contributed by atoms with van der Waals surface area (Å²) in [5.41, 5.74) is 1.82. The van der Waals surface area contributed by atoms with Crippen LogP contribution in [-0.4, -0.2) is 36.6 Å². The minimum absolute atomic E-state index is 0.0175. The molecular formula is C26H30ClN2O7P. The van der Waals surface area contributed by atoms with Crippen LogP contribution in [0, 0.1) is 0 Å². The zero-order chi connectivity index (χ0) is 26.5. The Labute approximate surface area is 221 Å². The van der Waals surface area contributed by atoms with E-state index in [0.29, 0.717) is 19.3 Å². The van der Waals surface area contributed by atoms with Gasteiger partial charge in [0, 0.05) is 6.42 Å². The molecule has 0 radical (unpaired) electrons. The molecule has 0 aliphatic heterocycles. The van der Waals surface area contributed by atoms with Gasteiger partial charge in [-0.15, -0.1) is 0 Å². The van der Waals surface area contributed by atoms with E-state index in [1.807, 2.05) is 60.7 Å². The Bertz CT molecular complexity index is 1130. The molecule has 0 N–H and O–H groups in total. The molecule has 0 amide bonds. The molecule has 1 heterocycles. The SMILES string of the molecule is COc1nc(Cl)c(C(=O)CCCCCOP(=O)(OCc2ccccc2)OCc2ccccc2)c(OC)n1. The van der Waals surface area contributed by atoms with Gasteiger partial charge in [0.2, 0.25) is 5.88 Å². The van der Waals surface area contributed by atoms with Crippen LogP contribution in [-0.2, 0) is 31.4 Å². The number of rotatable bonds is 16. The minimum atomic E-state index is -3.82. The van der Waals surface area contributed by atoms with Crippen LogP contribution in [0.15, 0.2) is 60.7 Å². The fourth-order valence-corrected chi connectivity index (χ4v) is 4.75. The van der Waals surface area contributed by atoms with Crippen molar-refractivity contribution in [1.82, 2.24) is 9.97 Å². The number of nitrogens with zero attached hydrogens (tertiary/aromatic N) is 2. The Morgan fingerprint density at radius 2 is 1.41 bits per heavy atom. The molecule has 0 aliphatic rings. The molecular weight excluding hydrogens is 519 g/mol. The molecule has 0 bridgehead atoms. The Hall–Kier alpha value is -2.81. The monoisotopic (exact) mass is 548 g/mol. The number of Topliss-reactive ketones (excluding diaryl/α,β-unsaturated/α-hetero) is 1. The second-order valence-electron chi connectivity index (χ2n) is 7.92. The van der Waals surface area contributed by atoms with Gasteiger partial charge in [-0.05, 0) is 24.0 Å². The number of unbranched alkanes of at least 4 members (excludes halogenated alkanes) is 2. The predicted octanol–water partition coefficient (Wildman–Crippen LogP) is 6.45. The number of hydrogen-bond donors (Lipinski definition) is 0. The molecule has 3 aromatic rings. The van der Waals surface area contributed by atoms with E-state index in [1.165, 1.54) is 14.2 Å². The molecule has 37 heavy (non-hydrogen) atoms. The fourth-order valence-electron chi connectivity index (χ4n) is 3.30. The Morgan fingerprint density at radius 1 is 0.811 bits per heavy atom. The van der Waals surface area contributed by atoms with E-state index in [-0.39, 0.29) is 54.6 Å². The molecule has 0 saturated heterocycles. The molecule has 0 unspecified atom stereocenters. The summed E-state index contributed by atoms with van der Waals surface area (Å²) < 4.78 is 40.2. The summed E-state index contributed by atoms with van der Waals surface area (Å²) in [4.78, 5) is 20.6. The van der Waals surface area contributed by atoms with Crippen LogP contribution in [0.3, 0.4) is 0 Å². The standard InChI is InChI=1S/C26H30ClN2O7P/c1-32-25-23(24(27)28-26(29-25)33-2)22(30)16-10-5-11-17-34-37(31,35-18-20-12-6-3-7-13-20)36-19-21-14-8-4-9-15-21/h3-4,6-9,12-15H,5,10-11,16-19H2,1-2H3. The first kappa shape index (κ1) is 28.8. The van der Waals surface area contributed by atoms with Gasteiger partial charge in [0.15, 0.2) is 10.9 Å². The third kappa shape index (κ3) is 9.22. The first-order valence-corrected chi connectivity index (χ1v) is 13.6. The predicted molar refractivity (Wildman–Crippen MR) is 139 cm³/mol. The summed E-state index contributed by atoms with van der Waals surface area (Å²) in [6, 6.07) is 18.8. The maximum atomic E-state index is 13.3. The highest BCUT2D eigenvalue weighted by atomic mass is 35.5. The third-order valence-corrected chi connectivity index (χ3v) is 6.89. The van der Waals surface area contributed by atoms with Crippen LogP contribution in [0.2, 0.25) is 5.15 Å². The summed E-state index contributed by atoms with van der Waals surface area (Å²) in [5.74, 6) is -0.175. The largest absolute Gasteiger partial charge is 0.480 e. The van der Waals surface area contributed by atoms with Crippen LogP contribution in [0.25, 0.3) is 0 Å². The molecule has 0 saturated carbocycles. The average Bonchev–Trinajstić information content (AvgIpc) is 2.93. The van der Waals surface area contributed by atoms with E-state index in [1.54, 1.807) is 0 Å². The summed E-state index contributed by atoms with van der Waals surface area (Å²) in [7, 11) is -1.03. The smallest absolute Gasteiger partial charge is 0.475 e. The maximum Gasteiger partial charge on any atom is 0.475 e. The lowest BCUT2D eigenvalue weighted by atomic mass is 10.1. The number of carbonyl (C=O) groups excluding carboxylic acids is 1. The van der Waals surface area contributed by atoms with Crippen molar-refractivity contribution >= 4 is 25.2 Å². The number of phosphoric acid groups is 1. The highest BCUT2D eigenvalue weighted by molar-refractivity contribution is 7.48. The maximum absolute atomic E-state index is 13.3. The lowest BCUT2D eigenvalue weighted by Crippen LogP contribution is -2.08. The molecule has 1 aromatic heterocycles. The van der Waals surface area contributed by atoms with Gasteiger partial charge in [0.25, 0.3) is 0 Å². The summed E-state index contributed by atoms with van der Waals surface area (Å²) in [6.07, 6.45) is 1.94. The molecule has 11 heteroatoms. The van der Waals surface area contributed by atoms with E-state index in [2.05, 4.69) is 9.97 Å². The first-order chi connectivity index (χ1) is 17.9. The number of methoxy groups -OCH3 is 2. The second kappa shape index (κ2) is 14.8. The van der Waals surface area contributed by atoms with Gasteiger partial charge in [-0.1, -0.05) is 78.7 Å². The van der Waals surface area contributed by atoms with Crippen molar-refractivity contribution in [2.75, 3.05) is 20.8 Å². The summed E-state index contributed by atoms with van der Waals surface area (Å²) in [6.45, 7) is 0.326. The van der Waals surface area contributed by atoms with E-state index < -0.39 is 7.82 Å². The molecule has 3 rings (SSSR count). The van der Waals surface area contributed by atoms with Gasteiger partial charge in [-0.25, -0.2) is 4.57 Å². The fraction of sp³-hybridized carbons (Fsp3) is 0.346. The van der Waals surface area contributed by atoms with Crippen molar-refractivity contribution in [3.63, 3.8) is 0 Å². The molecule has 0 aliphatic carbocycles. The van der Waals surface area contributed by atoms with E-state index in [0.717, 1.165) is 11.1 Å². The topological polar surface area (TPSA) is 106 Å². The van der Waals surface area contributed by atoms with Gasteiger partial charge in [0.1, 0.15) is 5.56 Å². The van der Waals surface area contributed by atoms with Crippen molar-refractivity contribution in [2.24, 2.45) is 0 Å². The van der Waals surface area contributed by atoms with Crippen LogP contribution >= 0.6 is 19.4 Å². The van der Waals surface area contributed by atoms with Crippen molar-refractivity contribution in [3.8, 4) is 11.9 Å². The molecule has 0 fully saturated rings. The summed E-state index contributed by atoms with van der Waals surface area (Å²) in [5, 5.41) is -0.0240. The zero-order valence-electron chi connectivity index (χ0n) is 20.8. The van der Waals surface area contributed by atoms with Gasteiger partial charge < -0.3 is 9.47 Å². The van der Waals surface area contributed by atoms with Crippen LogP contribution in [0.5, 0.6) is 11.9 Å². The van der Waals surface area contributed by atoms with Crippen molar-refractivity contribution in [3.05, 3.63) is 82.5 Å². The highest BCUT2D eigenvalue weighted by Gasteiger charge is 2.27. The number of ether oxygens (including phenoxy) is 2. The zero-order valence-corrected chi connectivity index (χ0v) is 22.5. The highest BCUT2D eigenvalue weighted by Crippen LogP contribution is 2.51. The van der Waals surface area contributed by atoms with Crippen LogP contribution in [0.4, 0.5) is 0 Å². The lowest BCUT2D eigenvalue weighted by Gasteiger charge is -2.18. The van der Waals surface area contributed by atoms with Gasteiger partial charge in [-0.3, -0.25) is 18.4 Å². The number of phosphoric ester groups is 1. The van der Waals surface area contributed by atoms with Crippen LogP contribution in [0.1, 0.15) is 47.2 Å². The molecule has 0 spiro atoms. The summed E-state index contributed by atoms with van der Waals surface area (Å²) >= 11 is 6.14. The number of hydrogen-bond acceptors (Lipinski definition) is 9. The second-order valence-corrected chi connectivity index (χ2v) is 9.94. The van der Waals surface area contributed by atoms with Crippen molar-refractivity contribution in [2.45, 2.75) is 38.9 Å². The number of carbonyl (C=O) groups is 1. The third-order valence-electron chi connectivity index (χ3n) is 5.23. The Balaban J connectivity index is 1.49. The van der Waals surface area contributed by atoms with Crippen molar-refractivity contribution in [1.29, 1.82) is 0 Å². The van der Waals surface area contributed by atoms with Gasteiger partial charge in [-0.2, -0.15) is 9.97 Å². The van der Waals surface area contributed by atoms with Crippen LogP contribution < -0.4 is 9.47 Å². The van der Waals surface area contributed by atoms with Crippen molar-refractivity contribution < 1.29 is 32.4 Å². The lowest BCUT2D eigenvalue weighted by molar-refractivity contribution is 0.0958. The number of aromatic nitrogens is 2. The van der Waals surface area contributed by atoms with E-state index in [4.69, 9.17) is 34.6 Å². The normalized spacial score (nSPS) is 11.3. The molecule has 0 atom stereocenters. The van der Waals surface area contributed by atoms with E-state index in [9.17, 15) is 9.36 Å². The quantitative estimate of drug-likeness (QED) is 0.0863. The minimum Gasteiger partial charge on any atom is -0.480 e. The average molecular weight is 549 g/mol. The van der Waals surface area contributed by atoms with E-state index >= 15 is 0 Å². The molecule has 9 nitrogen and oxygen atoms in total. The number of halogens is 1. The Morgan fingerprint density at radius 3 is 1.95 bits per heavy atom. The number of ketones is 1. The van der Waals surface area contributed by atoms with Gasteiger partial charge in [0.05, 0.1) is 34.0 Å². The number of benzene rings is 2. The van der Waals surface area contributed by atoms with Gasteiger partial charge >= 0.3 is 13.8 Å². The molecule has 2 aromatic carbocycles.